The second-order valence-electron chi connectivity index (χ2n) is 6.13. The van der Waals surface area contributed by atoms with Gasteiger partial charge in [0.25, 0.3) is 0 Å². The van der Waals surface area contributed by atoms with Crippen LogP contribution in [0.1, 0.15) is 6.92 Å². The molecule has 0 atom stereocenters. The van der Waals surface area contributed by atoms with Crippen molar-refractivity contribution in [3.8, 4) is 11.1 Å². The highest BCUT2D eigenvalue weighted by Gasteiger charge is 2.17. The minimum Gasteiger partial charge on any atom is -0.465 e. The van der Waals surface area contributed by atoms with Crippen LogP contribution in [0.2, 0.25) is 5.02 Å². The molecule has 154 valence electrons. The molecule has 0 radical (unpaired) electrons. The average molecular weight is 462 g/mol. The molecular formula is C19H16ClN5O3S2. The number of benzene rings is 1. The van der Waals surface area contributed by atoms with Gasteiger partial charge in [0.2, 0.25) is 5.91 Å². The number of ether oxygens (including phenoxy) is 1. The number of amides is 1. The van der Waals surface area contributed by atoms with Gasteiger partial charge in [0, 0.05) is 16.0 Å². The summed E-state index contributed by atoms with van der Waals surface area (Å²) in [7, 11) is 0. The maximum Gasteiger partial charge on any atom is 0.325 e. The quantitative estimate of drug-likeness (QED) is 0.332. The van der Waals surface area contributed by atoms with Crippen LogP contribution in [0.15, 0.2) is 41.1 Å². The maximum atomic E-state index is 12.0. The summed E-state index contributed by atoms with van der Waals surface area (Å²) in [4.78, 5) is 28.7. The van der Waals surface area contributed by atoms with Gasteiger partial charge in [0.05, 0.1) is 17.7 Å². The minimum atomic E-state index is -0.470. The molecule has 3 aromatic heterocycles. The Labute approximate surface area is 184 Å². The fraction of sp³-hybridized carbons (Fsp3) is 0.211. The molecule has 1 amide bonds. The summed E-state index contributed by atoms with van der Waals surface area (Å²) in [5, 5.41) is 15.2. The highest BCUT2D eigenvalue weighted by atomic mass is 35.5. The van der Waals surface area contributed by atoms with Crippen LogP contribution >= 0.6 is 34.7 Å². The average Bonchev–Trinajstić information content (AvgIpc) is 3.35. The number of carbonyl (C=O) groups excluding carboxylic acids is 2. The lowest BCUT2D eigenvalue weighted by Crippen LogP contribution is -2.31. The predicted octanol–water partition coefficient (Wildman–Crippen LogP) is 3.43. The molecule has 1 aromatic carbocycles. The minimum absolute atomic E-state index is 0.0892. The second kappa shape index (κ2) is 8.99. The molecule has 0 unspecified atom stereocenters. The lowest BCUT2D eigenvalue weighted by molar-refractivity contribution is -0.143. The number of carbonyl (C=O) groups is 2. The molecule has 0 bridgehead atoms. The normalized spacial score (nSPS) is 11.1. The van der Waals surface area contributed by atoms with Crippen LogP contribution in [-0.2, 0) is 14.3 Å². The molecule has 0 aliphatic rings. The van der Waals surface area contributed by atoms with Crippen LogP contribution in [0.5, 0.6) is 0 Å². The molecule has 0 saturated heterocycles. The number of halogens is 1. The van der Waals surface area contributed by atoms with Crippen molar-refractivity contribution >= 4 is 62.4 Å². The molecule has 4 aromatic rings. The van der Waals surface area contributed by atoms with Gasteiger partial charge in [-0.3, -0.25) is 14.0 Å². The van der Waals surface area contributed by atoms with Crippen LogP contribution in [0.4, 0.5) is 0 Å². The zero-order valence-electron chi connectivity index (χ0n) is 15.8. The van der Waals surface area contributed by atoms with Gasteiger partial charge in [-0.2, -0.15) is 0 Å². The summed E-state index contributed by atoms with van der Waals surface area (Å²) in [6.07, 6.45) is 1.65. The molecule has 0 aliphatic heterocycles. The molecule has 8 nitrogen and oxygen atoms in total. The standard InChI is InChI=1S/C19H16ClN5O3S2/c1-2-28-15(27)7-21-14(26)9-30-19-24-23-17-16-13(11-3-5-12(20)6-4-11)8-29-18(16)22-10-25(17)19/h3-6,8,10H,2,7,9H2,1H3,(H,21,26). The molecule has 0 saturated carbocycles. The van der Waals surface area contributed by atoms with Crippen molar-refractivity contribution in [2.24, 2.45) is 0 Å². The molecule has 3 heterocycles. The van der Waals surface area contributed by atoms with E-state index in [0.29, 0.717) is 15.8 Å². The monoisotopic (exact) mass is 461 g/mol. The van der Waals surface area contributed by atoms with Crippen molar-refractivity contribution in [3.63, 3.8) is 0 Å². The van der Waals surface area contributed by atoms with Gasteiger partial charge in [0.15, 0.2) is 10.8 Å². The molecule has 30 heavy (non-hydrogen) atoms. The lowest BCUT2D eigenvalue weighted by atomic mass is 10.1. The molecule has 11 heteroatoms. The Balaban J connectivity index is 1.56. The van der Waals surface area contributed by atoms with E-state index in [4.69, 9.17) is 16.3 Å². The van der Waals surface area contributed by atoms with Gasteiger partial charge in [-0.25, -0.2) is 4.98 Å². The van der Waals surface area contributed by atoms with Crippen LogP contribution in [0, 0.1) is 0 Å². The smallest absolute Gasteiger partial charge is 0.325 e. The highest BCUT2D eigenvalue weighted by Crippen LogP contribution is 2.36. The van der Waals surface area contributed by atoms with Gasteiger partial charge in [-0.05, 0) is 24.6 Å². The number of thioether (sulfide) groups is 1. The first-order chi connectivity index (χ1) is 14.6. The van der Waals surface area contributed by atoms with Crippen molar-refractivity contribution < 1.29 is 14.3 Å². The third-order valence-corrected chi connectivity index (χ3v) is 6.25. The largest absolute Gasteiger partial charge is 0.465 e. The summed E-state index contributed by atoms with van der Waals surface area (Å²) < 4.78 is 6.55. The van der Waals surface area contributed by atoms with Gasteiger partial charge in [0.1, 0.15) is 17.7 Å². The predicted molar refractivity (Wildman–Crippen MR) is 117 cm³/mol. The lowest BCUT2D eigenvalue weighted by Gasteiger charge is -2.04. The van der Waals surface area contributed by atoms with E-state index in [2.05, 4.69) is 20.5 Å². The third kappa shape index (κ3) is 4.25. The Kier molecular flexibility index (Phi) is 6.16. The Hall–Kier alpha value is -2.69. The Morgan fingerprint density at radius 3 is 2.83 bits per heavy atom. The summed E-state index contributed by atoms with van der Waals surface area (Å²) >= 11 is 8.75. The molecule has 0 fully saturated rings. The Bertz CT molecular complexity index is 1220. The van der Waals surface area contributed by atoms with E-state index in [1.165, 1.54) is 23.1 Å². The Morgan fingerprint density at radius 2 is 2.07 bits per heavy atom. The van der Waals surface area contributed by atoms with Crippen molar-refractivity contribution in [2.45, 2.75) is 12.1 Å². The molecule has 4 rings (SSSR count). The van der Waals surface area contributed by atoms with Gasteiger partial charge >= 0.3 is 5.97 Å². The van der Waals surface area contributed by atoms with E-state index in [1.54, 1.807) is 17.7 Å². The van der Waals surface area contributed by atoms with Gasteiger partial charge in [-0.1, -0.05) is 35.5 Å². The number of nitrogens with zero attached hydrogens (tertiary/aromatic N) is 4. The van der Waals surface area contributed by atoms with E-state index in [1.807, 2.05) is 29.6 Å². The zero-order valence-corrected chi connectivity index (χ0v) is 18.2. The topological polar surface area (TPSA) is 98.5 Å². The number of hydrogen-bond acceptors (Lipinski definition) is 8. The zero-order chi connectivity index (χ0) is 21.1. The summed E-state index contributed by atoms with van der Waals surface area (Å²) in [6.45, 7) is 1.83. The SMILES string of the molecule is CCOC(=O)CNC(=O)CSc1nnc2c3c(-c4ccc(Cl)cc4)csc3ncn12. The molecule has 1 N–H and O–H groups in total. The van der Waals surface area contributed by atoms with Crippen molar-refractivity contribution in [1.82, 2.24) is 24.9 Å². The van der Waals surface area contributed by atoms with Gasteiger partial charge < -0.3 is 10.1 Å². The molecule has 0 spiro atoms. The molecular weight excluding hydrogens is 446 g/mol. The van der Waals surface area contributed by atoms with E-state index < -0.39 is 5.97 Å². The van der Waals surface area contributed by atoms with Crippen molar-refractivity contribution in [2.75, 3.05) is 18.9 Å². The summed E-state index contributed by atoms with van der Waals surface area (Å²) in [5.41, 5.74) is 2.68. The molecule has 0 aliphatic carbocycles. The number of hydrogen-bond donors (Lipinski definition) is 1. The fourth-order valence-electron chi connectivity index (χ4n) is 2.82. The number of thiophene rings is 1. The van der Waals surface area contributed by atoms with Crippen LogP contribution in [-0.4, -0.2) is 50.4 Å². The van der Waals surface area contributed by atoms with Crippen molar-refractivity contribution in [3.05, 3.63) is 41.0 Å². The van der Waals surface area contributed by atoms with E-state index in [-0.39, 0.29) is 24.8 Å². The number of fused-ring (bicyclic) bond motifs is 3. The number of rotatable bonds is 7. The Morgan fingerprint density at radius 1 is 1.27 bits per heavy atom. The first kappa shape index (κ1) is 20.6. The number of nitrogens with one attached hydrogen (secondary N) is 1. The summed E-state index contributed by atoms with van der Waals surface area (Å²) in [5.74, 6) is -0.676. The third-order valence-electron chi connectivity index (χ3n) is 4.17. The van der Waals surface area contributed by atoms with E-state index in [9.17, 15) is 9.59 Å². The van der Waals surface area contributed by atoms with Crippen LogP contribution < -0.4 is 5.32 Å². The first-order valence-corrected chi connectivity index (χ1v) is 11.2. The van der Waals surface area contributed by atoms with E-state index >= 15 is 0 Å². The highest BCUT2D eigenvalue weighted by molar-refractivity contribution is 7.99. The maximum absolute atomic E-state index is 12.0. The summed E-state index contributed by atoms with van der Waals surface area (Å²) in [6, 6.07) is 7.59. The van der Waals surface area contributed by atoms with Crippen molar-refractivity contribution in [1.29, 1.82) is 0 Å². The number of esters is 1. The van der Waals surface area contributed by atoms with Crippen LogP contribution in [0.25, 0.3) is 27.0 Å². The van der Waals surface area contributed by atoms with Gasteiger partial charge in [-0.15, -0.1) is 21.5 Å². The number of aromatic nitrogens is 4. The fourth-order valence-corrected chi connectivity index (χ4v) is 4.59. The van der Waals surface area contributed by atoms with E-state index in [0.717, 1.165) is 21.3 Å². The van der Waals surface area contributed by atoms with Crippen LogP contribution in [0.3, 0.4) is 0 Å². The first-order valence-electron chi connectivity index (χ1n) is 8.98. The second-order valence-corrected chi connectivity index (χ2v) is 8.36.